The van der Waals surface area contributed by atoms with E-state index in [1.165, 1.54) is 0 Å². The Bertz CT molecular complexity index is 888. The van der Waals surface area contributed by atoms with Crippen molar-refractivity contribution in [3.8, 4) is 11.5 Å². The monoisotopic (exact) mass is 570 g/mol. The second kappa shape index (κ2) is 12.7. The molecular formula is C20H26F3IN4O2S. The lowest BCUT2D eigenvalue weighted by atomic mass is 10.1. The molecule has 1 aromatic heterocycles. The van der Waals surface area contributed by atoms with Crippen LogP contribution in [0.3, 0.4) is 0 Å². The van der Waals surface area contributed by atoms with Crippen LogP contribution in [0.4, 0.5) is 13.2 Å². The van der Waals surface area contributed by atoms with Crippen LogP contribution in [0.15, 0.2) is 35.2 Å². The first kappa shape index (κ1) is 27.0. The molecule has 172 valence electrons. The summed E-state index contributed by atoms with van der Waals surface area (Å²) in [6, 6.07) is 3.81. The summed E-state index contributed by atoms with van der Waals surface area (Å²) in [5.74, 6) is 1.73. The molecule has 0 aliphatic carbocycles. The van der Waals surface area contributed by atoms with Crippen LogP contribution in [0, 0.1) is 0 Å². The Balaban J connectivity index is 0.00000480. The molecule has 31 heavy (non-hydrogen) atoms. The number of ether oxygens (including phenoxy) is 2. The summed E-state index contributed by atoms with van der Waals surface area (Å²) in [6.07, 6.45) is -2.05. The summed E-state index contributed by atoms with van der Waals surface area (Å²) in [4.78, 5) is 8.13. The van der Waals surface area contributed by atoms with E-state index in [2.05, 4.69) is 27.2 Å². The number of nitrogens with one attached hydrogen (secondary N) is 2. The molecule has 0 aliphatic rings. The van der Waals surface area contributed by atoms with Crippen molar-refractivity contribution in [3.05, 3.63) is 52.0 Å². The van der Waals surface area contributed by atoms with Gasteiger partial charge in [0.2, 0.25) is 0 Å². The van der Waals surface area contributed by atoms with Crippen LogP contribution in [0.1, 0.15) is 28.8 Å². The predicted molar refractivity (Wildman–Crippen MR) is 128 cm³/mol. The third-order valence-electron chi connectivity index (χ3n) is 3.99. The van der Waals surface area contributed by atoms with Gasteiger partial charge in [-0.05, 0) is 31.0 Å². The van der Waals surface area contributed by atoms with Crippen molar-refractivity contribution in [2.24, 2.45) is 4.99 Å². The van der Waals surface area contributed by atoms with Crippen molar-refractivity contribution < 1.29 is 22.6 Å². The van der Waals surface area contributed by atoms with Gasteiger partial charge in [-0.25, -0.2) is 9.98 Å². The van der Waals surface area contributed by atoms with Crippen LogP contribution >= 0.6 is 35.3 Å². The topological polar surface area (TPSA) is 67.8 Å². The Morgan fingerprint density at radius 3 is 2.55 bits per heavy atom. The Hall–Kier alpha value is -2.02. The number of aromatic nitrogens is 1. The van der Waals surface area contributed by atoms with Gasteiger partial charge in [0.15, 0.2) is 23.2 Å². The summed E-state index contributed by atoms with van der Waals surface area (Å²) >= 11 is 0.951. The molecule has 1 heterocycles. The lowest BCUT2D eigenvalue weighted by Crippen LogP contribution is -2.36. The van der Waals surface area contributed by atoms with E-state index in [1.54, 1.807) is 20.3 Å². The van der Waals surface area contributed by atoms with E-state index in [0.29, 0.717) is 42.0 Å². The summed E-state index contributed by atoms with van der Waals surface area (Å²) in [6.45, 7) is 6.75. The number of rotatable bonds is 9. The molecule has 0 aliphatic heterocycles. The Morgan fingerprint density at radius 1 is 1.26 bits per heavy atom. The van der Waals surface area contributed by atoms with Gasteiger partial charge in [-0.15, -0.1) is 41.9 Å². The highest BCUT2D eigenvalue weighted by Crippen LogP contribution is 2.33. The van der Waals surface area contributed by atoms with Crippen LogP contribution in [0.25, 0.3) is 0 Å². The summed E-state index contributed by atoms with van der Waals surface area (Å²) < 4.78 is 48.9. The van der Waals surface area contributed by atoms with Gasteiger partial charge in [0.1, 0.15) is 5.01 Å². The van der Waals surface area contributed by atoms with Crippen LogP contribution in [0.2, 0.25) is 0 Å². The number of nitrogens with zero attached hydrogens (tertiary/aromatic N) is 2. The zero-order valence-corrected chi connectivity index (χ0v) is 20.7. The number of hydrogen-bond acceptors (Lipinski definition) is 5. The number of methoxy groups -OCH3 is 2. The third kappa shape index (κ3) is 7.87. The normalized spacial score (nSPS) is 11.5. The fraction of sp³-hybridized carbons (Fsp3) is 0.400. The van der Waals surface area contributed by atoms with Gasteiger partial charge in [0.25, 0.3) is 0 Å². The molecule has 1 aromatic carbocycles. The van der Waals surface area contributed by atoms with Crippen molar-refractivity contribution in [2.45, 2.75) is 32.6 Å². The van der Waals surface area contributed by atoms with Crippen molar-refractivity contribution in [3.63, 3.8) is 0 Å². The van der Waals surface area contributed by atoms with Gasteiger partial charge in [-0.1, -0.05) is 6.08 Å². The first-order chi connectivity index (χ1) is 14.3. The van der Waals surface area contributed by atoms with Gasteiger partial charge in [-0.2, -0.15) is 13.2 Å². The van der Waals surface area contributed by atoms with Crippen LogP contribution in [0.5, 0.6) is 11.5 Å². The summed E-state index contributed by atoms with van der Waals surface area (Å²) in [7, 11) is 3.15. The van der Waals surface area contributed by atoms with Crippen molar-refractivity contribution in [1.82, 2.24) is 15.6 Å². The average molecular weight is 570 g/mol. The van der Waals surface area contributed by atoms with E-state index < -0.39 is 11.9 Å². The number of aliphatic imine (C=N–C) groups is 1. The number of allylic oxidation sites excluding steroid dienone is 1. The molecule has 0 spiro atoms. The van der Waals surface area contributed by atoms with Crippen LogP contribution in [-0.2, 0) is 25.7 Å². The number of thiazole rings is 1. The standard InChI is InChI=1S/C20H25F3N4O2S.HI/c1-5-7-14-8-13(9-15(28-3)18(14)29-4)10-25-19(24-6-2)26-11-17-27-16(12-30-17)20(21,22)23;/h5,8-9,12H,1,6-7,10-11H2,2-4H3,(H2,24,25,26);1H. The fourth-order valence-corrected chi connectivity index (χ4v) is 3.44. The molecule has 0 bridgehead atoms. The zero-order chi connectivity index (χ0) is 22.1. The smallest absolute Gasteiger partial charge is 0.434 e. The van der Waals surface area contributed by atoms with Crippen molar-refractivity contribution >= 4 is 41.3 Å². The number of hydrogen-bond donors (Lipinski definition) is 2. The molecule has 6 nitrogen and oxygen atoms in total. The highest BCUT2D eigenvalue weighted by atomic mass is 127. The minimum atomic E-state index is -4.44. The van der Waals surface area contributed by atoms with Gasteiger partial charge in [0, 0.05) is 17.5 Å². The molecule has 11 heteroatoms. The number of guanidine groups is 1. The number of alkyl halides is 3. The first-order valence-corrected chi connectivity index (χ1v) is 10.1. The molecule has 0 saturated heterocycles. The molecule has 2 rings (SSSR count). The minimum absolute atomic E-state index is 0. The third-order valence-corrected chi connectivity index (χ3v) is 4.84. The second-order valence-corrected chi connectivity index (χ2v) is 7.10. The summed E-state index contributed by atoms with van der Waals surface area (Å²) in [5.41, 5.74) is 0.944. The summed E-state index contributed by atoms with van der Waals surface area (Å²) in [5, 5.41) is 7.41. The van der Waals surface area contributed by atoms with Gasteiger partial charge in [-0.3, -0.25) is 0 Å². The van der Waals surface area contributed by atoms with Gasteiger partial charge < -0.3 is 20.1 Å². The lowest BCUT2D eigenvalue weighted by Gasteiger charge is -2.14. The molecular weight excluding hydrogens is 544 g/mol. The molecule has 0 radical (unpaired) electrons. The van der Waals surface area contributed by atoms with E-state index >= 15 is 0 Å². The van der Waals surface area contributed by atoms with Crippen LogP contribution in [-0.4, -0.2) is 31.7 Å². The van der Waals surface area contributed by atoms with E-state index in [4.69, 9.17) is 9.47 Å². The molecule has 2 N–H and O–H groups in total. The molecule has 0 unspecified atom stereocenters. The van der Waals surface area contributed by atoms with E-state index in [1.807, 2.05) is 19.1 Å². The quantitative estimate of drug-likeness (QED) is 0.197. The van der Waals surface area contributed by atoms with E-state index in [9.17, 15) is 13.2 Å². The molecule has 0 saturated carbocycles. The van der Waals surface area contributed by atoms with E-state index in [-0.39, 0.29) is 30.5 Å². The van der Waals surface area contributed by atoms with E-state index in [0.717, 1.165) is 27.8 Å². The maximum Gasteiger partial charge on any atom is 0.434 e. The lowest BCUT2D eigenvalue weighted by molar-refractivity contribution is -0.140. The largest absolute Gasteiger partial charge is 0.493 e. The first-order valence-electron chi connectivity index (χ1n) is 9.20. The fourth-order valence-electron chi connectivity index (χ4n) is 2.70. The molecule has 0 fully saturated rings. The minimum Gasteiger partial charge on any atom is -0.493 e. The predicted octanol–water partition coefficient (Wildman–Crippen LogP) is 4.78. The van der Waals surface area contributed by atoms with Crippen molar-refractivity contribution in [1.29, 1.82) is 0 Å². The highest BCUT2D eigenvalue weighted by Gasteiger charge is 2.33. The second-order valence-electron chi connectivity index (χ2n) is 6.16. The maximum atomic E-state index is 12.7. The van der Waals surface area contributed by atoms with Crippen LogP contribution < -0.4 is 20.1 Å². The Morgan fingerprint density at radius 2 is 2.00 bits per heavy atom. The Labute approximate surface area is 201 Å². The van der Waals surface area contributed by atoms with Crippen molar-refractivity contribution in [2.75, 3.05) is 20.8 Å². The molecule has 0 atom stereocenters. The highest BCUT2D eigenvalue weighted by molar-refractivity contribution is 14.0. The molecule has 2 aromatic rings. The average Bonchev–Trinajstić information content (AvgIpc) is 3.19. The SMILES string of the molecule is C=CCc1cc(CN=C(NCC)NCc2nc(C(F)(F)F)cs2)cc(OC)c1OC.I. The number of benzene rings is 1. The van der Waals surface area contributed by atoms with Gasteiger partial charge in [0.05, 0.1) is 27.3 Å². The molecule has 0 amide bonds. The van der Waals surface area contributed by atoms with Gasteiger partial charge >= 0.3 is 6.18 Å². The maximum absolute atomic E-state index is 12.7. The zero-order valence-electron chi connectivity index (χ0n) is 17.5. The number of halogens is 4. The Kier molecular flexibility index (Phi) is 11.1.